The molecule has 2 unspecified atom stereocenters. The van der Waals surface area contributed by atoms with Gasteiger partial charge in [-0.15, -0.1) is 24.0 Å². The highest BCUT2D eigenvalue weighted by atomic mass is 127. The maximum Gasteiger partial charge on any atom is 0.191 e. The Morgan fingerprint density at radius 3 is 2.46 bits per heavy atom. The molecule has 1 fully saturated rings. The zero-order valence-electron chi connectivity index (χ0n) is 13.7. The van der Waals surface area contributed by atoms with Crippen LogP contribution >= 0.6 is 24.0 Å². The summed E-state index contributed by atoms with van der Waals surface area (Å²) in [5.74, 6) is 1.91. The van der Waals surface area contributed by atoms with Gasteiger partial charge < -0.3 is 10.6 Å². The van der Waals surface area contributed by atoms with Crippen molar-refractivity contribution in [2.45, 2.75) is 18.9 Å². The lowest BCUT2D eigenvalue weighted by Crippen LogP contribution is -2.38. The molecule has 2 N–H and O–H groups in total. The first kappa shape index (κ1) is 18.7. The number of nitrogens with zero attached hydrogens (tertiary/aromatic N) is 1. The number of hydrogen-bond acceptors (Lipinski definition) is 1. The van der Waals surface area contributed by atoms with Crippen molar-refractivity contribution in [1.82, 2.24) is 10.6 Å². The van der Waals surface area contributed by atoms with Crippen molar-refractivity contribution in [3.8, 4) is 0 Å². The van der Waals surface area contributed by atoms with E-state index in [0.717, 1.165) is 18.1 Å². The third-order valence-electron chi connectivity index (χ3n) is 4.28. The first-order valence-corrected chi connectivity index (χ1v) is 8.00. The van der Waals surface area contributed by atoms with E-state index in [0.29, 0.717) is 18.4 Å². The molecule has 1 saturated carbocycles. The topological polar surface area (TPSA) is 36.4 Å². The average Bonchev–Trinajstić information content (AvgIpc) is 3.37. The lowest BCUT2D eigenvalue weighted by Gasteiger charge is -2.12. The summed E-state index contributed by atoms with van der Waals surface area (Å²) in [5.41, 5.74) is 2.46. The SMILES string of the molecule is CN=C(NCc1ccc(F)cc1)NCC1CC1c1ccccc1.I. The second-order valence-corrected chi connectivity index (χ2v) is 5.95. The molecule has 24 heavy (non-hydrogen) atoms. The first-order chi connectivity index (χ1) is 11.3. The molecular formula is C19H23FIN3. The van der Waals surface area contributed by atoms with Crippen LogP contribution in [0.15, 0.2) is 59.6 Å². The van der Waals surface area contributed by atoms with Crippen molar-refractivity contribution >= 4 is 29.9 Å². The van der Waals surface area contributed by atoms with Gasteiger partial charge in [-0.2, -0.15) is 0 Å². The van der Waals surface area contributed by atoms with Gasteiger partial charge in [0.1, 0.15) is 5.82 Å². The minimum absolute atomic E-state index is 0. The fourth-order valence-electron chi connectivity index (χ4n) is 2.82. The summed E-state index contributed by atoms with van der Waals surface area (Å²) < 4.78 is 12.9. The molecule has 2 aromatic rings. The predicted molar refractivity (Wildman–Crippen MR) is 107 cm³/mol. The number of halogens is 2. The van der Waals surface area contributed by atoms with Crippen LogP contribution in [0.5, 0.6) is 0 Å². The Hall–Kier alpha value is -1.63. The van der Waals surface area contributed by atoms with Gasteiger partial charge >= 0.3 is 0 Å². The Kier molecular flexibility index (Phi) is 7.02. The highest BCUT2D eigenvalue weighted by Gasteiger charge is 2.37. The number of nitrogens with one attached hydrogen (secondary N) is 2. The summed E-state index contributed by atoms with van der Waals surface area (Å²) in [4.78, 5) is 4.24. The van der Waals surface area contributed by atoms with Gasteiger partial charge in [-0.05, 0) is 41.5 Å². The lowest BCUT2D eigenvalue weighted by atomic mass is 10.1. The van der Waals surface area contributed by atoms with E-state index in [1.165, 1.54) is 24.1 Å². The molecule has 1 aliphatic carbocycles. The van der Waals surface area contributed by atoms with E-state index in [2.05, 4.69) is 46.0 Å². The van der Waals surface area contributed by atoms with Crippen LogP contribution in [0, 0.1) is 11.7 Å². The number of guanidine groups is 1. The summed E-state index contributed by atoms with van der Waals surface area (Å²) in [6.07, 6.45) is 1.23. The number of aliphatic imine (C=N–C) groups is 1. The smallest absolute Gasteiger partial charge is 0.191 e. The van der Waals surface area contributed by atoms with Gasteiger partial charge in [0.25, 0.3) is 0 Å². The Labute approximate surface area is 159 Å². The van der Waals surface area contributed by atoms with E-state index in [4.69, 9.17) is 0 Å². The van der Waals surface area contributed by atoms with Gasteiger partial charge in [-0.3, -0.25) is 4.99 Å². The molecule has 128 valence electrons. The number of benzene rings is 2. The van der Waals surface area contributed by atoms with Crippen molar-refractivity contribution in [1.29, 1.82) is 0 Å². The van der Waals surface area contributed by atoms with Gasteiger partial charge in [-0.1, -0.05) is 42.5 Å². The van der Waals surface area contributed by atoms with E-state index in [-0.39, 0.29) is 29.8 Å². The lowest BCUT2D eigenvalue weighted by molar-refractivity contribution is 0.626. The molecule has 2 atom stereocenters. The van der Waals surface area contributed by atoms with E-state index in [1.54, 1.807) is 19.2 Å². The summed E-state index contributed by atoms with van der Waals surface area (Å²) in [5, 5.41) is 6.64. The molecule has 0 radical (unpaired) electrons. The number of rotatable bonds is 5. The fraction of sp³-hybridized carbons (Fsp3) is 0.316. The molecule has 0 bridgehead atoms. The molecule has 0 heterocycles. The van der Waals surface area contributed by atoms with Crippen LogP contribution in [0.4, 0.5) is 4.39 Å². The van der Waals surface area contributed by atoms with Crippen LogP contribution in [-0.2, 0) is 6.54 Å². The molecule has 0 amide bonds. The average molecular weight is 439 g/mol. The van der Waals surface area contributed by atoms with Gasteiger partial charge in [0.05, 0.1) is 0 Å². The molecule has 1 aliphatic rings. The monoisotopic (exact) mass is 439 g/mol. The van der Waals surface area contributed by atoms with Crippen LogP contribution in [0.25, 0.3) is 0 Å². The zero-order valence-corrected chi connectivity index (χ0v) is 16.0. The van der Waals surface area contributed by atoms with Crippen molar-refractivity contribution < 1.29 is 4.39 Å². The molecule has 3 rings (SSSR count). The third kappa shape index (κ3) is 5.19. The maximum atomic E-state index is 12.9. The van der Waals surface area contributed by atoms with E-state index >= 15 is 0 Å². The van der Waals surface area contributed by atoms with Crippen molar-refractivity contribution in [2.75, 3.05) is 13.6 Å². The zero-order chi connectivity index (χ0) is 16.1. The van der Waals surface area contributed by atoms with Gasteiger partial charge in [0.15, 0.2) is 5.96 Å². The standard InChI is InChI=1S/C19H22FN3.HI/c1-21-19(22-12-14-7-9-17(20)10-8-14)23-13-16-11-18(16)15-5-3-2-4-6-15;/h2-10,16,18H,11-13H2,1H3,(H2,21,22,23);1H. The summed E-state index contributed by atoms with van der Waals surface area (Å²) in [7, 11) is 1.77. The third-order valence-corrected chi connectivity index (χ3v) is 4.28. The quantitative estimate of drug-likeness (QED) is 0.421. The Morgan fingerprint density at radius 1 is 1.08 bits per heavy atom. The maximum absolute atomic E-state index is 12.9. The van der Waals surface area contributed by atoms with Crippen LogP contribution in [0.2, 0.25) is 0 Å². The van der Waals surface area contributed by atoms with Gasteiger partial charge in [0.2, 0.25) is 0 Å². The van der Waals surface area contributed by atoms with Crippen molar-refractivity contribution in [2.24, 2.45) is 10.9 Å². The van der Waals surface area contributed by atoms with Crippen molar-refractivity contribution in [3.63, 3.8) is 0 Å². The largest absolute Gasteiger partial charge is 0.356 e. The van der Waals surface area contributed by atoms with Crippen molar-refractivity contribution in [3.05, 3.63) is 71.5 Å². The van der Waals surface area contributed by atoms with E-state index in [1.807, 2.05) is 0 Å². The Bertz CT molecular complexity index is 658. The van der Waals surface area contributed by atoms with Crippen LogP contribution in [0.3, 0.4) is 0 Å². The molecule has 5 heteroatoms. The Balaban J connectivity index is 0.00000208. The summed E-state index contributed by atoms with van der Waals surface area (Å²) in [6.45, 7) is 1.55. The fourth-order valence-corrected chi connectivity index (χ4v) is 2.82. The van der Waals surface area contributed by atoms with Gasteiger partial charge in [-0.25, -0.2) is 4.39 Å². The molecule has 3 nitrogen and oxygen atoms in total. The van der Waals surface area contributed by atoms with E-state index in [9.17, 15) is 4.39 Å². The minimum Gasteiger partial charge on any atom is -0.356 e. The normalized spacial score (nSPS) is 19.3. The predicted octanol–water partition coefficient (Wildman–Crippen LogP) is 3.91. The molecule has 0 aromatic heterocycles. The second kappa shape index (κ2) is 9.01. The Morgan fingerprint density at radius 2 is 1.79 bits per heavy atom. The number of hydrogen-bond donors (Lipinski definition) is 2. The van der Waals surface area contributed by atoms with Crippen LogP contribution in [0.1, 0.15) is 23.5 Å². The summed E-state index contributed by atoms with van der Waals surface area (Å²) in [6, 6.07) is 17.2. The summed E-state index contributed by atoms with van der Waals surface area (Å²) >= 11 is 0. The molecule has 0 saturated heterocycles. The highest BCUT2D eigenvalue weighted by molar-refractivity contribution is 14.0. The molecule has 0 spiro atoms. The van der Waals surface area contributed by atoms with Crippen LogP contribution < -0.4 is 10.6 Å². The van der Waals surface area contributed by atoms with E-state index < -0.39 is 0 Å². The minimum atomic E-state index is -0.211. The van der Waals surface area contributed by atoms with Gasteiger partial charge in [0, 0.05) is 20.1 Å². The molecule has 0 aliphatic heterocycles. The molecular weight excluding hydrogens is 416 g/mol. The highest BCUT2D eigenvalue weighted by Crippen LogP contribution is 2.46. The second-order valence-electron chi connectivity index (χ2n) is 5.95. The first-order valence-electron chi connectivity index (χ1n) is 8.00. The molecule has 2 aromatic carbocycles. The van der Waals surface area contributed by atoms with Crippen LogP contribution in [-0.4, -0.2) is 19.6 Å².